The van der Waals surface area contributed by atoms with Crippen LogP contribution >= 0.6 is 10.0 Å². The van der Waals surface area contributed by atoms with Crippen LogP contribution in [0.5, 0.6) is 0 Å². The van der Waals surface area contributed by atoms with Gasteiger partial charge < -0.3 is 0 Å². The van der Waals surface area contributed by atoms with Crippen molar-refractivity contribution in [2.75, 3.05) is 18.3 Å². The Hall–Kier alpha value is -0.170. The molecule has 0 radical (unpaired) electrons. The maximum absolute atomic E-state index is 2.47. The van der Waals surface area contributed by atoms with Crippen LogP contribution in [0.15, 0.2) is 23.8 Å². The van der Waals surface area contributed by atoms with Crippen LogP contribution in [-0.4, -0.2) is 23.5 Å². The van der Waals surface area contributed by atoms with Crippen LogP contribution in [0.25, 0.3) is 0 Å². The van der Waals surface area contributed by atoms with Gasteiger partial charge in [0.25, 0.3) is 0 Å². The number of hydrogen-bond acceptors (Lipinski definition) is 0. The summed E-state index contributed by atoms with van der Waals surface area (Å²) < 4.78 is 0. The lowest BCUT2D eigenvalue weighted by Crippen LogP contribution is -2.23. The maximum Gasteiger partial charge on any atom is 0.0105 e. The molecule has 15 heavy (non-hydrogen) atoms. The standard InChI is InChI=1S/C14H26S/c1-7-15(5,6)13-10-8-9-12(11-13)14(2,3)4/h8-10,13H,7,11H2,1-6H3/t13-/m0/s1. The SMILES string of the molecule is CCS(C)(C)[C@H]1C=CC=C(C(C)(C)C)C1. The summed E-state index contributed by atoms with van der Waals surface area (Å²) in [7, 11) is -0.442. The van der Waals surface area contributed by atoms with Gasteiger partial charge in [0.2, 0.25) is 0 Å². The Morgan fingerprint density at radius 1 is 1.33 bits per heavy atom. The minimum absolute atomic E-state index is 0.340. The normalized spacial score (nSPS) is 23.9. The van der Waals surface area contributed by atoms with Crippen molar-refractivity contribution < 1.29 is 0 Å². The van der Waals surface area contributed by atoms with Crippen molar-refractivity contribution in [2.45, 2.75) is 39.4 Å². The van der Waals surface area contributed by atoms with E-state index < -0.39 is 10.0 Å². The molecule has 1 aliphatic carbocycles. The molecular formula is C14H26S. The van der Waals surface area contributed by atoms with Gasteiger partial charge in [0.1, 0.15) is 0 Å². The fourth-order valence-corrected chi connectivity index (χ4v) is 3.43. The molecule has 0 bridgehead atoms. The average molecular weight is 226 g/mol. The van der Waals surface area contributed by atoms with Gasteiger partial charge in [-0.05, 0) is 30.1 Å². The van der Waals surface area contributed by atoms with E-state index in [1.54, 1.807) is 5.57 Å². The third-order valence-corrected chi connectivity index (χ3v) is 7.02. The van der Waals surface area contributed by atoms with Crippen LogP contribution in [0, 0.1) is 5.41 Å². The second-order valence-corrected chi connectivity index (χ2v) is 10.4. The molecule has 0 aromatic carbocycles. The molecule has 0 nitrogen and oxygen atoms in total. The zero-order valence-corrected chi connectivity index (χ0v) is 11.9. The summed E-state index contributed by atoms with van der Waals surface area (Å²) in [6, 6.07) is 0. The molecule has 1 rings (SSSR count). The van der Waals surface area contributed by atoms with E-state index in [0.29, 0.717) is 5.41 Å². The Labute approximate surface area is 97.2 Å². The van der Waals surface area contributed by atoms with E-state index in [2.05, 4.69) is 58.4 Å². The molecule has 0 aromatic rings. The second-order valence-electron chi connectivity index (χ2n) is 5.98. The van der Waals surface area contributed by atoms with Crippen molar-refractivity contribution in [3.8, 4) is 0 Å². The van der Waals surface area contributed by atoms with Crippen molar-refractivity contribution >= 4 is 10.0 Å². The first kappa shape index (κ1) is 12.9. The molecule has 0 N–H and O–H groups in total. The topological polar surface area (TPSA) is 0 Å². The molecule has 1 atom stereocenters. The van der Waals surface area contributed by atoms with Crippen LogP contribution < -0.4 is 0 Å². The molecule has 0 saturated carbocycles. The summed E-state index contributed by atoms with van der Waals surface area (Å²) in [5.74, 6) is 1.33. The Balaban J connectivity index is 2.81. The van der Waals surface area contributed by atoms with Gasteiger partial charge in [-0.15, -0.1) is 0 Å². The van der Waals surface area contributed by atoms with E-state index in [-0.39, 0.29) is 0 Å². The van der Waals surface area contributed by atoms with Gasteiger partial charge in [-0.2, -0.15) is 0 Å². The van der Waals surface area contributed by atoms with Gasteiger partial charge in [-0.25, -0.2) is 10.0 Å². The van der Waals surface area contributed by atoms with E-state index in [1.165, 1.54) is 12.2 Å². The average Bonchev–Trinajstić information content (AvgIpc) is 2.17. The van der Waals surface area contributed by atoms with Gasteiger partial charge >= 0.3 is 0 Å². The van der Waals surface area contributed by atoms with Gasteiger partial charge in [0.15, 0.2) is 0 Å². The highest BCUT2D eigenvalue weighted by Crippen LogP contribution is 2.50. The van der Waals surface area contributed by atoms with Crippen molar-refractivity contribution in [3.63, 3.8) is 0 Å². The van der Waals surface area contributed by atoms with E-state index in [9.17, 15) is 0 Å². The van der Waals surface area contributed by atoms with Crippen molar-refractivity contribution in [1.82, 2.24) is 0 Å². The quantitative estimate of drug-likeness (QED) is 0.656. The lowest BCUT2D eigenvalue weighted by Gasteiger charge is -2.41. The Morgan fingerprint density at radius 2 is 1.93 bits per heavy atom. The minimum Gasteiger partial charge on any atom is -0.240 e. The highest BCUT2D eigenvalue weighted by Gasteiger charge is 2.27. The van der Waals surface area contributed by atoms with Gasteiger partial charge in [-0.3, -0.25) is 0 Å². The monoisotopic (exact) mass is 226 g/mol. The maximum atomic E-state index is 2.47. The smallest absolute Gasteiger partial charge is 0.0105 e. The summed E-state index contributed by atoms with van der Waals surface area (Å²) in [6.45, 7) is 9.30. The fourth-order valence-electron chi connectivity index (χ4n) is 1.86. The summed E-state index contributed by atoms with van der Waals surface area (Å²) in [6.07, 6.45) is 13.2. The molecular weight excluding hydrogens is 200 g/mol. The van der Waals surface area contributed by atoms with Gasteiger partial charge in [0.05, 0.1) is 0 Å². The Bertz CT molecular complexity index is 276. The summed E-state index contributed by atoms with van der Waals surface area (Å²) >= 11 is 0. The molecule has 0 aromatic heterocycles. The van der Waals surface area contributed by atoms with E-state index in [0.717, 1.165) is 5.25 Å². The zero-order valence-electron chi connectivity index (χ0n) is 11.1. The van der Waals surface area contributed by atoms with E-state index >= 15 is 0 Å². The Morgan fingerprint density at radius 3 is 2.40 bits per heavy atom. The zero-order chi connectivity index (χ0) is 11.7. The second kappa shape index (κ2) is 4.37. The largest absolute Gasteiger partial charge is 0.240 e. The molecule has 0 heterocycles. The molecule has 1 aliphatic rings. The highest BCUT2D eigenvalue weighted by molar-refractivity contribution is 8.33. The molecule has 0 amide bonds. The highest BCUT2D eigenvalue weighted by atomic mass is 32.3. The molecule has 0 saturated heterocycles. The molecule has 0 unspecified atom stereocenters. The van der Waals surface area contributed by atoms with Crippen LogP contribution in [0.2, 0.25) is 0 Å². The summed E-state index contributed by atoms with van der Waals surface area (Å²) in [4.78, 5) is 0. The molecule has 0 fully saturated rings. The van der Waals surface area contributed by atoms with Crippen molar-refractivity contribution in [2.24, 2.45) is 5.41 Å². The molecule has 88 valence electrons. The van der Waals surface area contributed by atoms with E-state index in [4.69, 9.17) is 0 Å². The van der Waals surface area contributed by atoms with Crippen LogP contribution in [0.1, 0.15) is 34.1 Å². The van der Waals surface area contributed by atoms with Crippen LogP contribution in [0.4, 0.5) is 0 Å². The first-order chi connectivity index (χ1) is 6.77. The summed E-state index contributed by atoms with van der Waals surface area (Å²) in [5.41, 5.74) is 1.95. The first-order valence-electron chi connectivity index (χ1n) is 5.85. The summed E-state index contributed by atoms with van der Waals surface area (Å²) in [5, 5.41) is 0.793. The predicted molar refractivity (Wildman–Crippen MR) is 75.1 cm³/mol. The van der Waals surface area contributed by atoms with Crippen molar-refractivity contribution in [1.29, 1.82) is 0 Å². The van der Waals surface area contributed by atoms with Gasteiger partial charge in [-0.1, -0.05) is 51.5 Å². The van der Waals surface area contributed by atoms with Crippen LogP contribution in [0.3, 0.4) is 0 Å². The Kier molecular flexibility index (Phi) is 3.76. The lowest BCUT2D eigenvalue weighted by molar-refractivity contribution is 0.482. The fraction of sp³-hybridized carbons (Fsp3) is 0.714. The third-order valence-electron chi connectivity index (χ3n) is 3.57. The lowest BCUT2D eigenvalue weighted by atomic mass is 9.82. The van der Waals surface area contributed by atoms with Crippen LogP contribution in [-0.2, 0) is 0 Å². The number of allylic oxidation sites excluding steroid dienone is 3. The number of hydrogen-bond donors (Lipinski definition) is 0. The minimum atomic E-state index is -0.442. The van der Waals surface area contributed by atoms with Crippen molar-refractivity contribution in [3.05, 3.63) is 23.8 Å². The molecule has 0 spiro atoms. The van der Waals surface area contributed by atoms with Gasteiger partial charge in [0, 0.05) is 5.25 Å². The molecule has 1 heteroatoms. The predicted octanol–water partition coefficient (Wildman–Crippen LogP) is 4.37. The third kappa shape index (κ3) is 3.14. The number of rotatable bonds is 2. The first-order valence-corrected chi connectivity index (χ1v) is 8.53. The van der Waals surface area contributed by atoms with E-state index in [1.807, 2.05) is 0 Å². The molecule has 0 aliphatic heterocycles.